The van der Waals surface area contributed by atoms with E-state index in [4.69, 9.17) is 5.73 Å². The third-order valence-electron chi connectivity index (χ3n) is 3.31. The first-order valence-electron chi connectivity index (χ1n) is 6.66. The van der Waals surface area contributed by atoms with Crippen LogP contribution in [-0.4, -0.2) is 11.5 Å². The van der Waals surface area contributed by atoms with Gasteiger partial charge in [0, 0.05) is 24.5 Å². The normalized spacial score (nSPS) is 10.5. The molecule has 2 N–H and O–H groups in total. The van der Waals surface area contributed by atoms with Gasteiger partial charge in [-0.2, -0.15) is 0 Å². The maximum Gasteiger partial charge on any atom is 0.133 e. The maximum atomic E-state index is 5.69. The van der Waals surface area contributed by atoms with Gasteiger partial charge in [-0.05, 0) is 50.1 Å². The Kier molecular flexibility index (Phi) is 4.17. The SMILES string of the molecule is CCN(c1cccc(C)c1)c1ccc(CN)c(C)n1. The van der Waals surface area contributed by atoms with Crippen LogP contribution in [0.15, 0.2) is 36.4 Å². The number of hydrogen-bond acceptors (Lipinski definition) is 3. The predicted molar refractivity (Wildman–Crippen MR) is 80.7 cm³/mol. The quantitative estimate of drug-likeness (QED) is 0.911. The van der Waals surface area contributed by atoms with Gasteiger partial charge in [0.1, 0.15) is 5.82 Å². The number of nitrogens with zero attached hydrogens (tertiary/aromatic N) is 2. The van der Waals surface area contributed by atoms with E-state index >= 15 is 0 Å². The van der Waals surface area contributed by atoms with E-state index in [0.717, 1.165) is 23.6 Å². The molecule has 2 aromatic rings. The summed E-state index contributed by atoms with van der Waals surface area (Å²) in [6.07, 6.45) is 0. The molecule has 0 saturated carbocycles. The van der Waals surface area contributed by atoms with E-state index in [0.29, 0.717) is 6.54 Å². The highest BCUT2D eigenvalue weighted by Crippen LogP contribution is 2.25. The Morgan fingerprint density at radius 3 is 2.53 bits per heavy atom. The highest BCUT2D eigenvalue weighted by atomic mass is 15.2. The molecule has 2 rings (SSSR count). The smallest absolute Gasteiger partial charge is 0.133 e. The number of anilines is 2. The van der Waals surface area contributed by atoms with Crippen LogP contribution in [0.2, 0.25) is 0 Å². The molecule has 0 atom stereocenters. The van der Waals surface area contributed by atoms with Crippen molar-refractivity contribution in [3.63, 3.8) is 0 Å². The van der Waals surface area contributed by atoms with Gasteiger partial charge in [-0.1, -0.05) is 18.2 Å². The van der Waals surface area contributed by atoms with Gasteiger partial charge < -0.3 is 10.6 Å². The molecule has 1 aromatic carbocycles. The third kappa shape index (κ3) is 2.93. The second-order valence-corrected chi connectivity index (χ2v) is 4.70. The minimum atomic E-state index is 0.537. The van der Waals surface area contributed by atoms with Crippen molar-refractivity contribution in [3.05, 3.63) is 53.2 Å². The van der Waals surface area contributed by atoms with Crippen LogP contribution in [0, 0.1) is 13.8 Å². The molecule has 0 aliphatic rings. The highest BCUT2D eigenvalue weighted by molar-refractivity contribution is 5.61. The summed E-state index contributed by atoms with van der Waals surface area (Å²) in [5, 5.41) is 0. The number of aryl methyl sites for hydroxylation is 2. The second kappa shape index (κ2) is 5.85. The fourth-order valence-corrected chi connectivity index (χ4v) is 2.22. The largest absolute Gasteiger partial charge is 0.327 e. The molecular weight excluding hydrogens is 234 g/mol. The zero-order chi connectivity index (χ0) is 13.8. The molecule has 0 spiro atoms. The standard InChI is InChI=1S/C16H21N3/c1-4-19(15-7-5-6-12(2)10-15)16-9-8-14(11-17)13(3)18-16/h5-10H,4,11,17H2,1-3H3. The first-order valence-corrected chi connectivity index (χ1v) is 6.66. The number of pyridine rings is 1. The molecule has 0 aliphatic carbocycles. The lowest BCUT2D eigenvalue weighted by Gasteiger charge is -2.23. The number of benzene rings is 1. The van der Waals surface area contributed by atoms with Gasteiger partial charge in [-0.3, -0.25) is 0 Å². The molecule has 3 heteroatoms. The Labute approximate surface area is 115 Å². The minimum absolute atomic E-state index is 0.537. The summed E-state index contributed by atoms with van der Waals surface area (Å²) < 4.78 is 0. The fourth-order valence-electron chi connectivity index (χ4n) is 2.22. The van der Waals surface area contributed by atoms with Crippen molar-refractivity contribution in [3.8, 4) is 0 Å². The van der Waals surface area contributed by atoms with E-state index in [1.54, 1.807) is 0 Å². The van der Waals surface area contributed by atoms with Crippen molar-refractivity contribution < 1.29 is 0 Å². The highest BCUT2D eigenvalue weighted by Gasteiger charge is 2.10. The predicted octanol–water partition coefficient (Wildman–Crippen LogP) is 3.32. The van der Waals surface area contributed by atoms with Gasteiger partial charge in [0.05, 0.1) is 0 Å². The van der Waals surface area contributed by atoms with Crippen molar-refractivity contribution in [1.82, 2.24) is 4.98 Å². The van der Waals surface area contributed by atoms with Crippen LogP contribution >= 0.6 is 0 Å². The van der Waals surface area contributed by atoms with Crippen LogP contribution in [0.3, 0.4) is 0 Å². The van der Waals surface area contributed by atoms with E-state index in [9.17, 15) is 0 Å². The van der Waals surface area contributed by atoms with Crippen LogP contribution in [0.1, 0.15) is 23.7 Å². The fraction of sp³-hybridized carbons (Fsp3) is 0.312. The summed E-state index contributed by atoms with van der Waals surface area (Å²) in [5.74, 6) is 0.975. The molecule has 0 aliphatic heterocycles. The molecule has 1 aromatic heterocycles. The third-order valence-corrected chi connectivity index (χ3v) is 3.31. The second-order valence-electron chi connectivity index (χ2n) is 4.70. The molecule has 3 nitrogen and oxygen atoms in total. The summed E-state index contributed by atoms with van der Waals surface area (Å²) in [6.45, 7) is 7.67. The summed E-state index contributed by atoms with van der Waals surface area (Å²) in [4.78, 5) is 6.88. The van der Waals surface area contributed by atoms with E-state index in [1.807, 2.05) is 13.0 Å². The molecule has 0 unspecified atom stereocenters. The van der Waals surface area contributed by atoms with Crippen molar-refractivity contribution in [2.45, 2.75) is 27.3 Å². The minimum Gasteiger partial charge on any atom is -0.327 e. The van der Waals surface area contributed by atoms with Crippen molar-refractivity contribution in [2.24, 2.45) is 5.73 Å². The molecule has 0 bridgehead atoms. The Morgan fingerprint density at radius 2 is 1.95 bits per heavy atom. The van der Waals surface area contributed by atoms with E-state index in [2.05, 4.69) is 54.1 Å². The zero-order valence-electron chi connectivity index (χ0n) is 11.9. The lowest BCUT2D eigenvalue weighted by atomic mass is 10.2. The van der Waals surface area contributed by atoms with Crippen molar-refractivity contribution in [1.29, 1.82) is 0 Å². The first kappa shape index (κ1) is 13.6. The average molecular weight is 255 g/mol. The van der Waals surface area contributed by atoms with Gasteiger partial charge in [0.2, 0.25) is 0 Å². The number of rotatable bonds is 4. The Balaban J connectivity index is 2.39. The van der Waals surface area contributed by atoms with Crippen molar-refractivity contribution in [2.75, 3.05) is 11.4 Å². The molecule has 0 amide bonds. The molecule has 0 saturated heterocycles. The van der Waals surface area contributed by atoms with Gasteiger partial charge in [0.15, 0.2) is 0 Å². The van der Waals surface area contributed by atoms with Gasteiger partial charge in [0.25, 0.3) is 0 Å². The van der Waals surface area contributed by atoms with E-state index in [-0.39, 0.29) is 0 Å². The van der Waals surface area contributed by atoms with Gasteiger partial charge >= 0.3 is 0 Å². The first-order chi connectivity index (χ1) is 9.15. The summed E-state index contributed by atoms with van der Waals surface area (Å²) in [5.41, 5.74) is 10.2. The van der Waals surface area contributed by atoms with E-state index < -0.39 is 0 Å². The Bertz CT molecular complexity index is 564. The Hall–Kier alpha value is -1.87. The van der Waals surface area contributed by atoms with Gasteiger partial charge in [-0.15, -0.1) is 0 Å². The van der Waals surface area contributed by atoms with Crippen molar-refractivity contribution >= 4 is 11.5 Å². The van der Waals surface area contributed by atoms with Crippen LogP contribution in [0.5, 0.6) is 0 Å². The van der Waals surface area contributed by atoms with Gasteiger partial charge in [-0.25, -0.2) is 4.98 Å². The molecule has 100 valence electrons. The average Bonchev–Trinajstić information content (AvgIpc) is 2.40. The maximum absolute atomic E-state index is 5.69. The molecule has 19 heavy (non-hydrogen) atoms. The molecular formula is C16H21N3. The monoisotopic (exact) mass is 255 g/mol. The summed E-state index contributed by atoms with van der Waals surface area (Å²) in [6, 6.07) is 12.6. The lowest BCUT2D eigenvalue weighted by molar-refractivity contribution is 0.951. The summed E-state index contributed by atoms with van der Waals surface area (Å²) >= 11 is 0. The van der Waals surface area contributed by atoms with Crippen LogP contribution in [0.4, 0.5) is 11.5 Å². The van der Waals surface area contributed by atoms with Crippen LogP contribution < -0.4 is 10.6 Å². The molecule has 0 fully saturated rings. The Morgan fingerprint density at radius 1 is 1.16 bits per heavy atom. The molecule has 0 radical (unpaired) electrons. The summed E-state index contributed by atoms with van der Waals surface area (Å²) in [7, 11) is 0. The number of aromatic nitrogens is 1. The topological polar surface area (TPSA) is 42.1 Å². The number of nitrogens with two attached hydrogens (primary N) is 1. The lowest BCUT2D eigenvalue weighted by Crippen LogP contribution is -2.18. The molecule has 1 heterocycles. The zero-order valence-corrected chi connectivity index (χ0v) is 11.9. The van der Waals surface area contributed by atoms with E-state index in [1.165, 1.54) is 11.3 Å². The number of hydrogen-bond donors (Lipinski definition) is 1. The van der Waals surface area contributed by atoms with Crippen LogP contribution in [0.25, 0.3) is 0 Å². The van der Waals surface area contributed by atoms with Crippen LogP contribution in [-0.2, 0) is 6.54 Å².